The summed E-state index contributed by atoms with van der Waals surface area (Å²) in [4.78, 5) is 11.4. The SMILES string of the molecule is COc1cc(C(C)=O)c(OC)cc1CCN.Cl. The largest absolute Gasteiger partial charge is 0.496 e. The molecule has 0 unspecified atom stereocenters. The van der Waals surface area contributed by atoms with Gasteiger partial charge < -0.3 is 15.2 Å². The average molecular weight is 260 g/mol. The Morgan fingerprint density at radius 2 is 1.82 bits per heavy atom. The van der Waals surface area contributed by atoms with E-state index in [-0.39, 0.29) is 18.2 Å². The second-order valence-electron chi connectivity index (χ2n) is 3.46. The molecule has 0 bridgehead atoms. The van der Waals surface area contributed by atoms with Gasteiger partial charge in [0.25, 0.3) is 0 Å². The van der Waals surface area contributed by atoms with Crippen LogP contribution in [0.2, 0.25) is 0 Å². The quantitative estimate of drug-likeness (QED) is 0.820. The molecule has 0 spiro atoms. The number of carbonyl (C=O) groups excluding carboxylic acids is 1. The maximum Gasteiger partial charge on any atom is 0.163 e. The van der Waals surface area contributed by atoms with Crippen molar-refractivity contribution in [3.63, 3.8) is 0 Å². The molecule has 0 amide bonds. The van der Waals surface area contributed by atoms with Gasteiger partial charge in [0.05, 0.1) is 19.8 Å². The van der Waals surface area contributed by atoms with E-state index in [9.17, 15) is 4.79 Å². The first-order chi connectivity index (χ1) is 7.63. The molecule has 1 aromatic carbocycles. The van der Waals surface area contributed by atoms with Gasteiger partial charge in [-0.1, -0.05) is 0 Å². The number of benzene rings is 1. The zero-order chi connectivity index (χ0) is 12.1. The summed E-state index contributed by atoms with van der Waals surface area (Å²) >= 11 is 0. The van der Waals surface area contributed by atoms with Crippen LogP contribution >= 0.6 is 12.4 Å². The van der Waals surface area contributed by atoms with Gasteiger partial charge in [0.15, 0.2) is 5.78 Å². The summed E-state index contributed by atoms with van der Waals surface area (Å²) in [5.74, 6) is 1.20. The molecule has 0 heterocycles. The van der Waals surface area contributed by atoms with Crippen LogP contribution in [-0.2, 0) is 6.42 Å². The summed E-state index contributed by atoms with van der Waals surface area (Å²) in [5.41, 5.74) is 6.99. The summed E-state index contributed by atoms with van der Waals surface area (Å²) < 4.78 is 10.4. The van der Waals surface area contributed by atoms with Gasteiger partial charge in [-0.3, -0.25) is 4.79 Å². The highest BCUT2D eigenvalue weighted by Crippen LogP contribution is 2.29. The lowest BCUT2D eigenvalue weighted by molar-refractivity contribution is 0.101. The van der Waals surface area contributed by atoms with Crippen molar-refractivity contribution in [1.82, 2.24) is 0 Å². The Morgan fingerprint density at radius 1 is 1.24 bits per heavy atom. The Morgan fingerprint density at radius 3 is 2.24 bits per heavy atom. The molecule has 4 nitrogen and oxygen atoms in total. The number of Topliss-reactive ketones (excluding diaryl/α,β-unsaturated/α-hetero) is 1. The van der Waals surface area contributed by atoms with E-state index in [0.717, 1.165) is 5.56 Å². The Balaban J connectivity index is 0.00000256. The molecule has 17 heavy (non-hydrogen) atoms. The Labute approximate surface area is 108 Å². The topological polar surface area (TPSA) is 61.5 Å². The van der Waals surface area contributed by atoms with Crippen LogP contribution in [0.15, 0.2) is 12.1 Å². The second-order valence-corrected chi connectivity index (χ2v) is 3.46. The summed E-state index contributed by atoms with van der Waals surface area (Å²) in [6.07, 6.45) is 0.692. The van der Waals surface area contributed by atoms with E-state index >= 15 is 0 Å². The molecule has 0 aliphatic heterocycles. The number of rotatable bonds is 5. The van der Waals surface area contributed by atoms with Crippen molar-refractivity contribution in [3.8, 4) is 11.5 Å². The maximum atomic E-state index is 11.4. The molecule has 96 valence electrons. The number of carbonyl (C=O) groups is 1. The van der Waals surface area contributed by atoms with E-state index in [2.05, 4.69) is 0 Å². The highest BCUT2D eigenvalue weighted by atomic mass is 35.5. The number of nitrogens with two attached hydrogens (primary N) is 1. The van der Waals surface area contributed by atoms with Crippen molar-refractivity contribution in [2.75, 3.05) is 20.8 Å². The third-order valence-corrected chi connectivity index (χ3v) is 2.40. The van der Waals surface area contributed by atoms with Crippen LogP contribution in [-0.4, -0.2) is 26.5 Å². The van der Waals surface area contributed by atoms with Crippen LogP contribution in [0.3, 0.4) is 0 Å². The lowest BCUT2D eigenvalue weighted by Gasteiger charge is -2.12. The summed E-state index contributed by atoms with van der Waals surface area (Å²) in [6.45, 7) is 2.03. The first-order valence-corrected chi connectivity index (χ1v) is 5.10. The number of methoxy groups -OCH3 is 2. The molecule has 0 saturated carbocycles. The highest BCUT2D eigenvalue weighted by Gasteiger charge is 2.13. The van der Waals surface area contributed by atoms with E-state index in [1.54, 1.807) is 20.3 Å². The minimum atomic E-state index is -0.0468. The summed E-state index contributed by atoms with van der Waals surface area (Å²) in [6, 6.07) is 3.51. The summed E-state index contributed by atoms with van der Waals surface area (Å²) in [7, 11) is 3.12. The van der Waals surface area contributed by atoms with Crippen molar-refractivity contribution in [2.24, 2.45) is 5.73 Å². The lowest BCUT2D eigenvalue weighted by Crippen LogP contribution is -2.06. The minimum Gasteiger partial charge on any atom is -0.496 e. The lowest BCUT2D eigenvalue weighted by atomic mass is 10.0. The fourth-order valence-electron chi connectivity index (χ4n) is 1.59. The molecule has 2 N–H and O–H groups in total. The number of ether oxygens (including phenoxy) is 2. The van der Waals surface area contributed by atoms with Crippen molar-refractivity contribution < 1.29 is 14.3 Å². The highest BCUT2D eigenvalue weighted by molar-refractivity contribution is 5.97. The van der Waals surface area contributed by atoms with Crippen molar-refractivity contribution >= 4 is 18.2 Å². The molecule has 0 saturated heterocycles. The number of halogens is 1. The predicted octanol–water partition coefficient (Wildman–Crippen LogP) is 1.83. The average Bonchev–Trinajstić information content (AvgIpc) is 2.28. The fraction of sp³-hybridized carbons (Fsp3) is 0.417. The Hall–Kier alpha value is -1.26. The Bertz CT molecular complexity index is 394. The van der Waals surface area contributed by atoms with Crippen LogP contribution in [0.4, 0.5) is 0 Å². The van der Waals surface area contributed by atoms with Gasteiger partial charge >= 0.3 is 0 Å². The molecule has 0 fully saturated rings. The van der Waals surface area contributed by atoms with Gasteiger partial charge in [-0.05, 0) is 37.6 Å². The molecular formula is C12H18ClNO3. The van der Waals surface area contributed by atoms with Crippen LogP contribution in [0.25, 0.3) is 0 Å². The van der Waals surface area contributed by atoms with E-state index in [1.165, 1.54) is 6.92 Å². The molecule has 0 radical (unpaired) electrons. The third kappa shape index (κ3) is 3.61. The molecule has 1 aromatic rings. The van der Waals surface area contributed by atoms with Crippen LogP contribution < -0.4 is 15.2 Å². The summed E-state index contributed by atoms with van der Waals surface area (Å²) in [5, 5.41) is 0. The normalized spacial score (nSPS) is 9.41. The molecule has 0 atom stereocenters. The van der Waals surface area contributed by atoms with Gasteiger partial charge in [0.2, 0.25) is 0 Å². The molecule has 1 rings (SSSR count). The van der Waals surface area contributed by atoms with Gasteiger partial charge in [-0.25, -0.2) is 0 Å². The maximum absolute atomic E-state index is 11.4. The van der Waals surface area contributed by atoms with E-state index < -0.39 is 0 Å². The minimum absolute atomic E-state index is 0. The predicted molar refractivity (Wildman–Crippen MR) is 69.6 cm³/mol. The van der Waals surface area contributed by atoms with Crippen molar-refractivity contribution in [3.05, 3.63) is 23.3 Å². The van der Waals surface area contributed by atoms with Gasteiger partial charge in [-0.15, -0.1) is 12.4 Å². The molecule has 0 aromatic heterocycles. The zero-order valence-electron chi connectivity index (χ0n) is 10.3. The molecule has 0 aliphatic rings. The van der Waals surface area contributed by atoms with Crippen molar-refractivity contribution in [2.45, 2.75) is 13.3 Å². The zero-order valence-corrected chi connectivity index (χ0v) is 11.1. The van der Waals surface area contributed by atoms with E-state index in [1.807, 2.05) is 6.07 Å². The van der Waals surface area contributed by atoms with Crippen molar-refractivity contribution in [1.29, 1.82) is 0 Å². The number of hydrogen-bond acceptors (Lipinski definition) is 4. The standard InChI is InChI=1S/C12H17NO3.ClH/c1-8(14)10-7-11(15-2)9(4-5-13)6-12(10)16-3;/h6-7H,4-5,13H2,1-3H3;1H. The second kappa shape index (κ2) is 7.14. The smallest absolute Gasteiger partial charge is 0.163 e. The molecule has 5 heteroatoms. The fourth-order valence-corrected chi connectivity index (χ4v) is 1.59. The van der Waals surface area contributed by atoms with Gasteiger partial charge in [-0.2, -0.15) is 0 Å². The number of ketones is 1. The van der Waals surface area contributed by atoms with Gasteiger partial charge in [0.1, 0.15) is 11.5 Å². The first-order valence-electron chi connectivity index (χ1n) is 5.10. The molecular weight excluding hydrogens is 242 g/mol. The van der Waals surface area contributed by atoms with Gasteiger partial charge in [0, 0.05) is 0 Å². The number of hydrogen-bond donors (Lipinski definition) is 1. The Kier molecular flexibility index (Phi) is 6.61. The van der Waals surface area contributed by atoms with Crippen LogP contribution in [0.5, 0.6) is 11.5 Å². The van der Waals surface area contributed by atoms with Crippen LogP contribution in [0.1, 0.15) is 22.8 Å². The first kappa shape index (κ1) is 15.7. The monoisotopic (exact) mass is 259 g/mol. The third-order valence-electron chi connectivity index (χ3n) is 2.40. The van der Waals surface area contributed by atoms with Crippen LogP contribution in [0, 0.1) is 0 Å². The molecule has 0 aliphatic carbocycles. The van der Waals surface area contributed by atoms with E-state index in [0.29, 0.717) is 30.0 Å². The van der Waals surface area contributed by atoms with E-state index in [4.69, 9.17) is 15.2 Å².